The van der Waals surface area contributed by atoms with Crippen LogP contribution in [-0.2, 0) is 9.53 Å². The lowest BCUT2D eigenvalue weighted by molar-refractivity contribution is -0.137. The molecule has 1 aliphatic rings. The van der Waals surface area contributed by atoms with Gasteiger partial charge in [0.05, 0.1) is 24.9 Å². The molecule has 132 valence electrons. The lowest BCUT2D eigenvalue weighted by Gasteiger charge is -2.13. The third-order valence-corrected chi connectivity index (χ3v) is 3.31. The molecular formula is C19H26O5. The molecule has 0 saturated carbocycles. The first kappa shape index (κ1) is 20.1. The summed E-state index contributed by atoms with van der Waals surface area (Å²) in [5.41, 5.74) is 0. The number of hydrogen-bond acceptors (Lipinski definition) is 4. The summed E-state index contributed by atoms with van der Waals surface area (Å²) in [6.45, 7) is 0.263. The summed E-state index contributed by atoms with van der Waals surface area (Å²) in [5.74, 6) is -0.846. The molecule has 0 spiro atoms. The van der Waals surface area contributed by atoms with Crippen LogP contribution in [0.2, 0.25) is 0 Å². The smallest absolute Gasteiger partial charge is 0.303 e. The highest BCUT2D eigenvalue weighted by Gasteiger charge is 2.07. The zero-order chi connectivity index (χ0) is 17.6. The molecule has 0 unspecified atom stereocenters. The van der Waals surface area contributed by atoms with Crippen molar-refractivity contribution in [2.24, 2.45) is 0 Å². The van der Waals surface area contributed by atoms with E-state index < -0.39 is 18.2 Å². The van der Waals surface area contributed by atoms with Gasteiger partial charge in [-0.15, -0.1) is 0 Å². The van der Waals surface area contributed by atoms with Gasteiger partial charge in [0, 0.05) is 6.42 Å². The normalized spacial score (nSPS) is 26.2. The van der Waals surface area contributed by atoms with Crippen LogP contribution in [0, 0.1) is 0 Å². The number of ether oxygens (including phenoxy) is 1. The maximum absolute atomic E-state index is 10.4. The Balaban J connectivity index is 2.30. The van der Waals surface area contributed by atoms with Crippen LogP contribution in [-0.4, -0.2) is 46.2 Å². The van der Waals surface area contributed by atoms with Crippen molar-refractivity contribution < 1.29 is 24.9 Å². The number of allylic oxidation sites excluding steroid dienone is 6. The molecule has 3 N–H and O–H groups in total. The fraction of sp³-hybridized carbons (Fsp3) is 0.421. The summed E-state index contributed by atoms with van der Waals surface area (Å²) in [7, 11) is 0. The summed E-state index contributed by atoms with van der Waals surface area (Å²) in [6.07, 6.45) is 18.5. The fourth-order valence-corrected chi connectivity index (χ4v) is 2.03. The number of rotatable bonds is 8. The van der Waals surface area contributed by atoms with Gasteiger partial charge in [-0.1, -0.05) is 60.8 Å². The SMILES string of the molecule is O=C(O)CCC[C@H](O)\C=C/C=C/C=C/[C@H]1C/C=C\C=C\[C@H](O)CO1. The zero-order valence-electron chi connectivity index (χ0n) is 13.7. The third-order valence-electron chi connectivity index (χ3n) is 3.31. The molecule has 0 saturated heterocycles. The van der Waals surface area contributed by atoms with Crippen LogP contribution in [0.4, 0.5) is 0 Å². The Morgan fingerprint density at radius 1 is 1.25 bits per heavy atom. The van der Waals surface area contributed by atoms with Gasteiger partial charge in [-0.2, -0.15) is 0 Å². The molecule has 0 amide bonds. The average Bonchev–Trinajstić information content (AvgIpc) is 2.63. The predicted molar refractivity (Wildman–Crippen MR) is 93.6 cm³/mol. The number of carboxylic acids is 1. The molecule has 1 aliphatic heterocycles. The molecule has 5 nitrogen and oxygen atoms in total. The van der Waals surface area contributed by atoms with Crippen molar-refractivity contribution in [3.05, 3.63) is 60.8 Å². The van der Waals surface area contributed by atoms with Gasteiger partial charge in [0.25, 0.3) is 0 Å². The Labute approximate surface area is 143 Å². The lowest BCUT2D eigenvalue weighted by atomic mass is 10.1. The topological polar surface area (TPSA) is 87.0 Å². The van der Waals surface area contributed by atoms with Gasteiger partial charge in [0.1, 0.15) is 0 Å². The number of aliphatic hydroxyl groups excluding tert-OH is 2. The minimum Gasteiger partial charge on any atom is -0.481 e. The number of carboxylic acid groups (broad SMARTS) is 1. The second-order valence-electron chi connectivity index (χ2n) is 5.50. The molecule has 0 bridgehead atoms. The van der Waals surface area contributed by atoms with Gasteiger partial charge < -0.3 is 20.1 Å². The first-order valence-corrected chi connectivity index (χ1v) is 8.12. The van der Waals surface area contributed by atoms with Crippen molar-refractivity contribution in [2.45, 2.75) is 44.0 Å². The number of aliphatic carboxylic acids is 1. The largest absolute Gasteiger partial charge is 0.481 e. The molecule has 0 aliphatic carbocycles. The van der Waals surface area contributed by atoms with E-state index in [2.05, 4.69) is 0 Å². The van der Waals surface area contributed by atoms with Crippen LogP contribution in [0.15, 0.2) is 60.8 Å². The minimum absolute atomic E-state index is 0.0729. The molecule has 1 rings (SSSR count). The van der Waals surface area contributed by atoms with E-state index in [1.54, 1.807) is 24.3 Å². The summed E-state index contributed by atoms with van der Waals surface area (Å²) in [4.78, 5) is 10.4. The number of carbonyl (C=O) groups is 1. The van der Waals surface area contributed by atoms with Crippen molar-refractivity contribution in [3.8, 4) is 0 Å². The summed E-state index contributed by atoms with van der Waals surface area (Å²) in [5, 5.41) is 27.8. The van der Waals surface area contributed by atoms with Crippen molar-refractivity contribution in [3.63, 3.8) is 0 Å². The molecule has 1 heterocycles. The summed E-state index contributed by atoms with van der Waals surface area (Å²) >= 11 is 0. The van der Waals surface area contributed by atoms with Crippen LogP contribution in [0.25, 0.3) is 0 Å². The zero-order valence-corrected chi connectivity index (χ0v) is 13.7. The van der Waals surface area contributed by atoms with E-state index in [-0.39, 0.29) is 19.1 Å². The second kappa shape index (κ2) is 12.5. The Hall–Kier alpha value is -1.95. The number of hydrogen-bond donors (Lipinski definition) is 3. The molecule has 0 fully saturated rings. The van der Waals surface area contributed by atoms with Crippen LogP contribution < -0.4 is 0 Å². The first-order chi connectivity index (χ1) is 11.6. The van der Waals surface area contributed by atoms with Crippen molar-refractivity contribution in [1.29, 1.82) is 0 Å². The average molecular weight is 334 g/mol. The highest BCUT2D eigenvalue weighted by molar-refractivity contribution is 5.66. The Kier molecular flexibility index (Phi) is 10.4. The highest BCUT2D eigenvalue weighted by Crippen LogP contribution is 2.07. The molecular weight excluding hydrogens is 308 g/mol. The molecule has 24 heavy (non-hydrogen) atoms. The van der Waals surface area contributed by atoms with Crippen LogP contribution in [0.3, 0.4) is 0 Å². The summed E-state index contributed by atoms with van der Waals surface area (Å²) < 4.78 is 5.60. The molecule has 0 radical (unpaired) electrons. The van der Waals surface area contributed by atoms with E-state index in [0.717, 1.165) is 6.42 Å². The second-order valence-corrected chi connectivity index (χ2v) is 5.50. The van der Waals surface area contributed by atoms with Crippen LogP contribution in [0.1, 0.15) is 25.7 Å². The lowest BCUT2D eigenvalue weighted by Crippen LogP contribution is -2.18. The van der Waals surface area contributed by atoms with E-state index >= 15 is 0 Å². The van der Waals surface area contributed by atoms with Gasteiger partial charge in [0.2, 0.25) is 0 Å². The van der Waals surface area contributed by atoms with Crippen LogP contribution in [0.5, 0.6) is 0 Å². The Morgan fingerprint density at radius 3 is 2.83 bits per heavy atom. The monoisotopic (exact) mass is 334 g/mol. The maximum Gasteiger partial charge on any atom is 0.303 e. The Morgan fingerprint density at radius 2 is 2.04 bits per heavy atom. The van der Waals surface area contributed by atoms with E-state index in [4.69, 9.17) is 9.84 Å². The van der Waals surface area contributed by atoms with Crippen molar-refractivity contribution in [1.82, 2.24) is 0 Å². The molecule has 0 aromatic carbocycles. The third kappa shape index (κ3) is 10.7. The van der Waals surface area contributed by atoms with Crippen LogP contribution >= 0.6 is 0 Å². The predicted octanol–water partition coefficient (Wildman–Crippen LogP) is 2.53. The van der Waals surface area contributed by atoms with E-state index in [9.17, 15) is 15.0 Å². The van der Waals surface area contributed by atoms with Gasteiger partial charge in [-0.25, -0.2) is 0 Å². The van der Waals surface area contributed by atoms with E-state index in [0.29, 0.717) is 12.8 Å². The first-order valence-electron chi connectivity index (χ1n) is 8.12. The molecule has 3 atom stereocenters. The van der Waals surface area contributed by atoms with Crippen molar-refractivity contribution >= 4 is 5.97 Å². The quantitative estimate of drug-likeness (QED) is 0.594. The maximum atomic E-state index is 10.4. The Bertz CT molecular complexity index is 502. The minimum atomic E-state index is -0.846. The van der Waals surface area contributed by atoms with Crippen molar-refractivity contribution in [2.75, 3.05) is 6.61 Å². The summed E-state index contributed by atoms with van der Waals surface area (Å²) in [6, 6.07) is 0. The molecule has 0 aromatic heterocycles. The van der Waals surface area contributed by atoms with Gasteiger partial charge in [-0.05, 0) is 19.3 Å². The molecule has 5 heteroatoms. The standard InChI is InChI=1S/C19H26O5/c20-16(11-8-14-19(22)23)9-4-1-2-6-12-18-13-7-3-5-10-17(21)15-24-18/h1-7,9-10,12,16-18,20-21H,8,11,13-15H2,(H,22,23)/b2-1+,7-3-,9-4-,10-5+,12-6+/t16-,17+,18+/m1/s1. The van der Waals surface area contributed by atoms with Gasteiger partial charge in [-0.3, -0.25) is 4.79 Å². The van der Waals surface area contributed by atoms with Gasteiger partial charge >= 0.3 is 5.97 Å². The highest BCUT2D eigenvalue weighted by atomic mass is 16.5. The molecule has 0 aromatic rings. The van der Waals surface area contributed by atoms with E-state index in [1.807, 2.05) is 36.5 Å². The fourth-order valence-electron chi connectivity index (χ4n) is 2.03. The van der Waals surface area contributed by atoms with Gasteiger partial charge in [0.15, 0.2) is 0 Å². The number of aliphatic hydroxyl groups is 2. The van der Waals surface area contributed by atoms with E-state index in [1.165, 1.54) is 0 Å².